The Hall–Kier alpha value is -1.76. The van der Waals surface area contributed by atoms with Crippen LogP contribution < -0.4 is 21.9 Å². The standard InChI is InChI=1S/C13H22N4O3/c1-3-5-17-11(14)10(12(19)15-13(17)20)16-6-4-8(2)9(16)7-18/h8-9,18H,3-7,14H2,1-2H3,(H,15,19,20). The number of nitrogens with one attached hydrogen (secondary N) is 1. The van der Waals surface area contributed by atoms with E-state index in [4.69, 9.17) is 5.73 Å². The highest BCUT2D eigenvalue weighted by Gasteiger charge is 2.34. The van der Waals surface area contributed by atoms with Gasteiger partial charge in [-0.25, -0.2) is 4.79 Å². The van der Waals surface area contributed by atoms with Gasteiger partial charge in [0.1, 0.15) is 11.5 Å². The molecule has 4 N–H and O–H groups in total. The van der Waals surface area contributed by atoms with Crippen molar-refractivity contribution in [3.05, 3.63) is 20.8 Å². The normalized spacial score (nSPS) is 22.4. The van der Waals surface area contributed by atoms with E-state index in [0.29, 0.717) is 18.8 Å². The Morgan fingerprint density at radius 2 is 2.15 bits per heavy atom. The summed E-state index contributed by atoms with van der Waals surface area (Å²) in [6.45, 7) is 5.05. The van der Waals surface area contributed by atoms with E-state index >= 15 is 0 Å². The van der Waals surface area contributed by atoms with E-state index in [-0.39, 0.29) is 24.4 Å². The summed E-state index contributed by atoms with van der Waals surface area (Å²) in [7, 11) is 0. The molecule has 7 heteroatoms. The zero-order chi connectivity index (χ0) is 14.9. The molecular formula is C13H22N4O3. The highest BCUT2D eigenvalue weighted by Crippen LogP contribution is 2.30. The average Bonchev–Trinajstić information content (AvgIpc) is 2.75. The molecule has 7 nitrogen and oxygen atoms in total. The predicted molar refractivity (Wildman–Crippen MR) is 78.0 cm³/mol. The molecule has 1 aliphatic heterocycles. The van der Waals surface area contributed by atoms with Gasteiger partial charge in [0.05, 0.1) is 12.6 Å². The van der Waals surface area contributed by atoms with E-state index in [1.807, 2.05) is 18.7 Å². The van der Waals surface area contributed by atoms with Gasteiger partial charge in [0.15, 0.2) is 0 Å². The van der Waals surface area contributed by atoms with E-state index in [2.05, 4.69) is 4.98 Å². The Morgan fingerprint density at radius 1 is 1.45 bits per heavy atom. The number of nitrogens with zero attached hydrogens (tertiary/aromatic N) is 2. The number of hydrogen-bond acceptors (Lipinski definition) is 5. The van der Waals surface area contributed by atoms with Crippen LogP contribution in [-0.2, 0) is 6.54 Å². The second kappa shape index (κ2) is 5.70. The lowest BCUT2D eigenvalue weighted by atomic mass is 10.0. The minimum Gasteiger partial charge on any atom is -0.394 e. The van der Waals surface area contributed by atoms with Crippen LogP contribution in [0.2, 0.25) is 0 Å². The van der Waals surface area contributed by atoms with Crippen molar-refractivity contribution in [2.75, 3.05) is 23.8 Å². The molecule has 112 valence electrons. The topological polar surface area (TPSA) is 104 Å². The molecule has 2 heterocycles. The number of aliphatic hydroxyl groups excluding tert-OH is 1. The minimum atomic E-state index is -0.481. The van der Waals surface area contributed by atoms with Crippen molar-refractivity contribution >= 4 is 11.5 Å². The van der Waals surface area contributed by atoms with E-state index in [1.165, 1.54) is 4.57 Å². The zero-order valence-corrected chi connectivity index (χ0v) is 11.9. The molecule has 1 fully saturated rings. The van der Waals surface area contributed by atoms with Crippen LogP contribution in [0.4, 0.5) is 11.5 Å². The van der Waals surface area contributed by atoms with Crippen LogP contribution >= 0.6 is 0 Å². The predicted octanol–water partition coefficient (Wildman–Crippen LogP) is -0.264. The van der Waals surface area contributed by atoms with Crippen LogP contribution in [0.5, 0.6) is 0 Å². The van der Waals surface area contributed by atoms with Crippen LogP contribution in [-0.4, -0.2) is 33.9 Å². The summed E-state index contributed by atoms with van der Waals surface area (Å²) in [5, 5.41) is 9.51. The van der Waals surface area contributed by atoms with Crippen LogP contribution in [0.1, 0.15) is 26.7 Å². The number of aliphatic hydroxyl groups is 1. The molecule has 2 atom stereocenters. The van der Waals surface area contributed by atoms with Crippen molar-refractivity contribution < 1.29 is 5.11 Å². The third-order valence-electron chi connectivity index (χ3n) is 4.02. The lowest BCUT2D eigenvalue weighted by molar-refractivity contribution is 0.244. The van der Waals surface area contributed by atoms with Gasteiger partial charge in [0.2, 0.25) is 0 Å². The number of nitrogens with two attached hydrogens (primary N) is 1. The van der Waals surface area contributed by atoms with Crippen molar-refractivity contribution in [3.63, 3.8) is 0 Å². The molecule has 0 spiro atoms. The first-order valence-electron chi connectivity index (χ1n) is 7.01. The minimum absolute atomic E-state index is 0.0348. The second-order valence-corrected chi connectivity index (χ2v) is 5.35. The molecule has 0 saturated carbocycles. The second-order valence-electron chi connectivity index (χ2n) is 5.35. The van der Waals surface area contributed by atoms with Gasteiger partial charge in [0.25, 0.3) is 5.56 Å². The van der Waals surface area contributed by atoms with Crippen LogP contribution in [0.15, 0.2) is 9.59 Å². The van der Waals surface area contributed by atoms with Gasteiger partial charge in [-0.05, 0) is 18.8 Å². The summed E-state index contributed by atoms with van der Waals surface area (Å²) >= 11 is 0. The maximum absolute atomic E-state index is 12.1. The molecule has 1 saturated heterocycles. The Morgan fingerprint density at radius 3 is 2.75 bits per heavy atom. The van der Waals surface area contributed by atoms with Crippen molar-refractivity contribution in [2.45, 2.75) is 39.3 Å². The molecule has 0 aromatic carbocycles. The molecule has 0 radical (unpaired) electrons. The van der Waals surface area contributed by atoms with Crippen LogP contribution in [0.3, 0.4) is 0 Å². The number of anilines is 2. The lowest BCUT2D eigenvalue weighted by Crippen LogP contribution is -2.42. The average molecular weight is 282 g/mol. The highest BCUT2D eigenvalue weighted by atomic mass is 16.3. The van der Waals surface area contributed by atoms with Gasteiger partial charge in [-0.15, -0.1) is 0 Å². The van der Waals surface area contributed by atoms with Crippen molar-refractivity contribution in [3.8, 4) is 0 Å². The van der Waals surface area contributed by atoms with E-state index in [0.717, 1.165) is 12.8 Å². The van der Waals surface area contributed by atoms with Gasteiger partial charge in [-0.2, -0.15) is 0 Å². The van der Waals surface area contributed by atoms with Crippen molar-refractivity contribution in [1.82, 2.24) is 9.55 Å². The molecule has 0 aliphatic carbocycles. The quantitative estimate of drug-likeness (QED) is 0.705. The number of aromatic nitrogens is 2. The molecule has 2 rings (SSSR count). The molecule has 20 heavy (non-hydrogen) atoms. The summed E-state index contributed by atoms with van der Waals surface area (Å²) in [6.07, 6.45) is 1.63. The Balaban J connectivity index is 2.54. The van der Waals surface area contributed by atoms with Gasteiger partial charge >= 0.3 is 5.69 Å². The molecular weight excluding hydrogens is 260 g/mol. The first-order chi connectivity index (χ1) is 9.51. The smallest absolute Gasteiger partial charge is 0.330 e. The number of rotatable bonds is 4. The third-order valence-corrected chi connectivity index (χ3v) is 4.02. The Labute approximate surface area is 117 Å². The van der Waals surface area contributed by atoms with E-state index in [1.54, 1.807) is 0 Å². The third kappa shape index (κ3) is 2.33. The molecule has 1 aromatic heterocycles. The summed E-state index contributed by atoms with van der Waals surface area (Å²) in [5.41, 5.74) is 5.38. The maximum atomic E-state index is 12.1. The van der Waals surface area contributed by atoms with Crippen LogP contribution in [0, 0.1) is 5.92 Å². The SMILES string of the molecule is CCCn1c(N)c(N2CCC(C)C2CO)c(=O)[nH]c1=O. The highest BCUT2D eigenvalue weighted by molar-refractivity contribution is 5.63. The fourth-order valence-electron chi connectivity index (χ4n) is 2.86. The molecule has 0 bridgehead atoms. The van der Waals surface area contributed by atoms with Crippen molar-refractivity contribution in [1.29, 1.82) is 0 Å². The largest absolute Gasteiger partial charge is 0.394 e. The summed E-state index contributed by atoms with van der Waals surface area (Å²) in [4.78, 5) is 28.0. The lowest BCUT2D eigenvalue weighted by Gasteiger charge is -2.28. The maximum Gasteiger partial charge on any atom is 0.330 e. The van der Waals surface area contributed by atoms with E-state index < -0.39 is 11.2 Å². The Bertz CT molecular complexity index is 592. The number of aromatic amines is 1. The van der Waals surface area contributed by atoms with Gasteiger partial charge in [-0.3, -0.25) is 14.3 Å². The first kappa shape index (κ1) is 14.6. The fraction of sp³-hybridized carbons (Fsp3) is 0.692. The Kier molecular flexibility index (Phi) is 4.17. The molecule has 2 unspecified atom stereocenters. The number of H-pyrrole nitrogens is 1. The zero-order valence-electron chi connectivity index (χ0n) is 11.9. The molecule has 0 amide bonds. The fourth-order valence-corrected chi connectivity index (χ4v) is 2.86. The summed E-state index contributed by atoms with van der Waals surface area (Å²) in [6, 6.07) is -0.133. The molecule has 1 aliphatic rings. The summed E-state index contributed by atoms with van der Waals surface area (Å²) in [5.74, 6) is 0.471. The van der Waals surface area contributed by atoms with Gasteiger partial charge in [0, 0.05) is 13.1 Å². The monoisotopic (exact) mass is 282 g/mol. The number of hydrogen-bond donors (Lipinski definition) is 3. The summed E-state index contributed by atoms with van der Waals surface area (Å²) < 4.78 is 1.38. The molecule has 1 aromatic rings. The van der Waals surface area contributed by atoms with E-state index in [9.17, 15) is 14.7 Å². The first-order valence-corrected chi connectivity index (χ1v) is 7.01. The van der Waals surface area contributed by atoms with Gasteiger partial charge < -0.3 is 15.7 Å². The van der Waals surface area contributed by atoms with Crippen molar-refractivity contribution in [2.24, 2.45) is 5.92 Å². The number of nitrogen functional groups attached to an aromatic ring is 1. The van der Waals surface area contributed by atoms with Crippen LogP contribution in [0.25, 0.3) is 0 Å². The van der Waals surface area contributed by atoms with Gasteiger partial charge in [-0.1, -0.05) is 13.8 Å².